The molecule has 0 aromatic rings. The molecule has 164 valence electrons. The minimum absolute atomic E-state index is 0.262. The molecule has 0 spiro atoms. The lowest BCUT2D eigenvalue weighted by molar-refractivity contribution is -0.139. The van der Waals surface area contributed by atoms with Gasteiger partial charge in [0.25, 0.3) is 0 Å². The van der Waals surface area contributed by atoms with Crippen molar-refractivity contribution in [3.8, 4) is 0 Å². The van der Waals surface area contributed by atoms with E-state index >= 15 is 0 Å². The molecule has 0 heterocycles. The number of hydrogen-bond donors (Lipinski definition) is 3. The van der Waals surface area contributed by atoms with Gasteiger partial charge in [0.1, 0.15) is 5.54 Å². The number of unbranched alkanes of at least 4 members (excludes halogenated alkanes) is 4. The van der Waals surface area contributed by atoms with E-state index < -0.39 is 17.5 Å². The van der Waals surface area contributed by atoms with Gasteiger partial charge in [-0.15, -0.1) is 0 Å². The lowest BCUT2D eigenvalue weighted by Gasteiger charge is -1.95. The van der Waals surface area contributed by atoms with Gasteiger partial charge in [-0.05, 0) is 57.8 Å². The highest BCUT2D eigenvalue weighted by atomic mass is 16.4. The SMILES string of the molecule is CCCCC/C=C\C/C=C\C/C=C\C/C=C\CCCC(=O)O.NC1(C(=O)O)CC1. The first-order valence-electron chi connectivity index (χ1n) is 10.8. The molecule has 5 nitrogen and oxygen atoms in total. The minimum Gasteiger partial charge on any atom is -0.481 e. The van der Waals surface area contributed by atoms with E-state index in [-0.39, 0.29) is 6.42 Å². The molecule has 0 aliphatic heterocycles. The highest BCUT2D eigenvalue weighted by molar-refractivity contribution is 5.81. The van der Waals surface area contributed by atoms with Crippen molar-refractivity contribution in [3.05, 3.63) is 48.6 Å². The van der Waals surface area contributed by atoms with Gasteiger partial charge >= 0.3 is 11.9 Å². The van der Waals surface area contributed by atoms with Crippen LogP contribution in [0.5, 0.6) is 0 Å². The van der Waals surface area contributed by atoms with Crippen LogP contribution in [-0.4, -0.2) is 27.7 Å². The molecule has 0 bridgehead atoms. The summed E-state index contributed by atoms with van der Waals surface area (Å²) < 4.78 is 0. The van der Waals surface area contributed by atoms with Crippen molar-refractivity contribution < 1.29 is 19.8 Å². The number of carbonyl (C=O) groups is 2. The summed E-state index contributed by atoms with van der Waals surface area (Å²) in [4.78, 5) is 20.3. The third kappa shape index (κ3) is 19.0. The molecule has 0 aromatic carbocycles. The van der Waals surface area contributed by atoms with Crippen LogP contribution >= 0.6 is 0 Å². The first-order valence-corrected chi connectivity index (χ1v) is 10.8. The van der Waals surface area contributed by atoms with E-state index in [9.17, 15) is 9.59 Å². The highest BCUT2D eigenvalue weighted by Crippen LogP contribution is 2.31. The first-order chi connectivity index (χ1) is 13.9. The summed E-state index contributed by atoms with van der Waals surface area (Å²) in [7, 11) is 0. The van der Waals surface area contributed by atoms with E-state index in [0.29, 0.717) is 12.8 Å². The summed E-state index contributed by atoms with van der Waals surface area (Å²) in [6.45, 7) is 2.23. The van der Waals surface area contributed by atoms with Gasteiger partial charge in [0.15, 0.2) is 0 Å². The Morgan fingerprint density at radius 3 is 1.59 bits per heavy atom. The van der Waals surface area contributed by atoms with Crippen molar-refractivity contribution in [1.82, 2.24) is 0 Å². The molecule has 1 rings (SSSR count). The Balaban J connectivity index is 0.000000929. The summed E-state index contributed by atoms with van der Waals surface area (Å²) in [5.41, 5.74) is 4.36. The van der Waals surface area contributed by atoms with Crippen LogP contribution in [0.4, 0.5) is 0 Å². The molecular weight excluding hydrogens is 366 g/mol. The average molecular weight is 406 g/mol. The summed E-state index contributed by atoms with van der Waals surface area (Å²) in [6.07, 6.45) is 28.6. The van der Waals surface area contributed by atoms with Crippen LogP contribution in [0.15, 0.2) is 48.6 Å². The van der Waals surface area contributed by atoms with Crippen LogP contribution in [0, 0.1) is 0 Å². The van der Waals surface area contributed by atoms with Crippen LogP contribution in [0.3, 0.4) is 0 Å². The fourth-order valence-corrected chi connectivity index (χ4v) is 2.28. The summed E-state index contributed by atoms with van der Waals surface area (Å²) >= 11 is 0. The molecule has 0 amide bonds. The van der Waals surface area contributed by atoms with Crippen molar-refractivity contribution in [3.63, 3.8) is 0 Å². The van der Waals surface area contributed by atoms with Crippen molar-refractivity contribution in [2.45, 2.75) is 89.5 Å². The molecule has 4 N–H and O–H groups in total. The van der Waals surface area contributed by atoms with Crippen molar-refractivity contribution >= 4 is 11.9 Å². The Labute approximate surface area is 176 Å². The zero-order valence-electron chi connectivity index (χ0n) is 17.9. The molecule has 0 saturated heterocycles. The van der Waals surface area contributed by atoms with Crippen LogP contribution in [0.2, 0.25) is 0 Å². The molecule has 1 saturated carbocycles. The van der Waals surface area contributed by atoms with Gasteiger partial charge in [0, 0.05) is 6.42 Å². The Bertz CT molecular complexity index is 557. The van der Waals surface area contributed by atoms with Gasteiger partial charge in [-0.25, -0.2) is 0 Å². The predicted octanol–water partition coefficient (Wildman–Crippen LogP) is 5.78. The average Bonchev–Trinajstić information content (AvgIpc) is 3.43. The van der Waals surface area contributed by atoms with Crippen LogP contribution < -0.4 is 5.73 Å². The molecular formula is C24H39NO4. The summed E-state index contributed by atoms with van der Waals surface area (Å²) in [5, 5.41) is 16.7. The second kappa shape index (κ2) is 17.9. The molecule has 0 aromatic heterocycles. The molecule has 1 aliphatic rings. The van der Waals surface area contributed by atoms with Crippen molar-refractivity contribution in [2.75, 3.05) is 0 Å². The Morgan fingerprint density at radius 1 is 0.793 bits per heavy atom. The number of carboxylic acids is 2. The maximum absolute atomic E-state index is 10.3. The third-order valence-electron chi connectivity index (χ3n) is 4.43. The second-order valence-corrected chi connectivity index (χ2v) is 7.34. The minimum atomic E-state index is -0.868. The fraction of sp³-hybridized carbons (Fsp3) is 0.583. The maximum atomic E-state index is 10.3. The molecule has 1 fully saturated rings. The Hall–Kier alpha value is -2.14. The molecule has 29 heavy (non-hydrogen) atoms. The second-order valence-electron chi connectivity index (χ2n) is 7.34. The van der Waals surface area contributed by atoms with E-state index in [2.05, 4.69) is 55.5 Å². The molecule has 0 atom stereocenters. The standard InChI is InChI=1S/C20H32O2.C4H7NO2/c1-2-3-4-5-6-7-8-9-10-11-12-13-14-15-16-17-18-19-20(21)22;5-4(1-2-4)3(6)7/h6-7,9-10,12-13,15-16H,2-5,8,11,14,17-19H2,1H3,(H,21,22);1-2,5H2,(H,6,7)/b7-6-,10-9-,13-12-,16-15-;. The number of rotatable bonds is 15. The smallest absolute Gasteiger partial charge is 0.323 e. The first kappa shape index (κ1) is 26.9. The van der Waals surface area contributed by atoms with Crippen LogP contribution in [0.25, 0.3) is 0 Å². The van der Waals surface area contributed by atoms with Gasteiger partial charge in [-0.1, -0.05) is 68.4 Å². The summed E-state index contributed by atoms with van der Waals surface area (Å²) in [6, 6.07) is 0. The largest absolute Gasteiger partial charge is 0.481 e. The zero-order valence-corrected chi connectivity index (χ0v) is 17.9. The Morgan fingerprint density at radius 2 is 1.24 bits per heavy atom. The number of hydrogen-bond acceptors (Lipinski definition) is 3. The third-order valence-corrected chi connectivity index (χ3v) is 4.43. The lowest BCUT2D eigenvalue weighted by Crippen LogP contribution is -2.31. The fourth-order valence-electron chi connectivity index (χ4n) is 2.28. The number of carboxylic acid groups (broad SMARTS) is 2. The van der Waals surface area contributed by atoms with E-state index in [1.807, 2.05) is 0 Å². The van der Waals surface area contributed by atoms with Crippen molar-refractivity contribution in [1.29, 1.82) is 0 Å². The van der Waals surface area contributed by atoms with Gasteiger partial charge in [-0.2, -0.15) is 0 Å². The molecule has 0 radical (unpaired) electrons. The topological polar surface area (TPSA) is 101 Å². The van der Waals surface area contributed by atoms with Crippen LogP contribution in [-0.2, 0) is 9.59 Å². The lowest BCUT2D eigenvalue weighted by atomic mass is 10.2. The van der Waals surface area contributed by atoms with E-state index in [0.717, 1.165) is 32.1 Å². The normalized spacial score (nSPS) is 15.2. The number of nitrogens with two attached hydrogens (primary N) is 1. The molecule has 0 unspecified atom stereocenters. The maximum Gasteiger partial charge on any atom is 0.323 e. The van der Waals surface area contributed by atoms with E-state index in [1.54, 1.807) is 0 Å². The monoisotopic (exact) mass is 405 g/mol. The zero-order chi connectivity index (χ0) is 21.8. The number of allylic oxidation sites excluding steroid dienone is 8. The Kier molecular flexibility index (Phi) is 16.6. The summed E-state index contributed by atoms with van der Waals surface area (Å²) in [5.74, 6) is -1.58. The molecule has 5 heteroatoms. The highest BCUT2D eigenvalue weighted by Gasteiger charge is 2.46. The van der Waals surface area contributed by atoms with Gasteiger partial charge in [-0.3, -0.25) is 9.59 Å². The van der Waals surface area contributed by atoms with Gasteiger partial charge in [0.2, 0.25) is 0 Å². The number of aliphatic carboxylic acids is 2. The van der Waals surface area contributed by atoms with Gasteiger partial charge < -0.3 is 15.9 Å². The van der Waals surface area contributed by atoms with E-state index in [1.165, 1.54) is 25.7 Å². The van der Waals surface area contributed by atoms with Crippen LogP contribution in [0.1, 0.15) is 84.0 Å². The van der Waals surface area contributed by atoms with Crippen molar-refractivity contribution in [2.24, 2.45) is 5.73 Å². The molecule has 1 aliphatic carbocycles. The van der Waals surface area contributed by atoms with Gasteiger partial charge in [0.05, 0.1) is 0 Å². The quantitative estimate of drug-likeness (QED) is 0.237. The van der Waals surface area contributed by atoms with E-state index in [4.69, 9.17) is 15.9 Å². The predicted molar refractivity (Wildman–Crippen MR) is 120 cm³/mol.